The lowest BCUT2D eigenvalue weighted by Gasteiger charge is -2.16. The van der Waals surface area contributed by atoms with Crippen molar-refractivity contribution in [2.75, 3.05) is 13.1 Å². The first kappa shape index (κ1) is 14.9. The van der Waals surface area contributed by atoms with Crippen LogP contribution >= 0.6 is 0 Å². The lowest BCUT2D eigenvalue weighted by Crippen LogP contribution is -2.29. The van der Waals surface area contributed by atoms with Crippen molar-refractivity contribution < 1.29 is 12.8 Å². The molecule has 1 heterocycles. The van der Waals surface area contributed by atoms with Crippen molar-refractivity contribution in [3.05, 3.63) is 71.6 Å². The van der Waals surface area contributed by atoms with Gasteiger partial charge in [-0.3, -0.25) is 0 Å². The van der Waals surface area contributed by atoms with Crippen LogP contribution in [0.3, 0.4) is 0 Å². The van der Waals surface area contributed by atoms with Gasteiger partial charge in [-0.15, -0.1) is 0 Å². The highest BCUT2D eigenvalue weighted by atomic mass is 32.2. The van der Waals surface area contributed by atoms with E-state index in [2.05, 4.69) is 0 Å². The van der Waals surface area contributed by atoms with Gasteiger partial charge in [-0.05, 0) is 42.3 Å². The summed E-state index contributed by atoms with van der Waals surface area (Å²) in [4.78, 5) is 0.298. The molecule has 0 atom stereocenters. The Morgan fingerprint density at radius 3 is 2.27 bits per heavy atom. The quantitative estimate of drug-likeness (QED) is 0.871. The third-order valence-electron chi connectivity index (χ3n) is 3.76. The van der Waals surface area contributed by atoms with Gasteiger partial charge in [-0.25, -0.2) is 12.8 Å². The van der Waals surface area contributed by atoms with Crippen molar-refractivity contribution >= 4 is 15.6 Å². The van der Waals surface area contributed by atoms with Crippen LogP contribution in [0.1, 0.15) is 11.1 Å². The minimum atomic E-state index is -3.50. The molecule has 0 aliphatic carbocycles. The third-order valence-corrected chi connectivity index (χ3v) is 5.59. The van der Waals surface area contributed by atoms with Gasteiger partial charge in [0, 0.05) is 13.1 Å². The van der Waals surface area contributed by atoms with Crippen molar-refractivity contribution in [2.45, 2.75) is 11.8 Å². The maximum absolute atomic E-state index is 13.0. The largest absolute Gasteiger partial charge is 0.243 e. The third kappa shape index (κ3) is 2.82. The average Bonchev–Trinajstić information content (AvgIpc) is 2.99. The second-order valence-corrected chi connectivity index (χ2v) is 7.28. The predicted octanol–water partition coefficient (Wildman–Crippen LogP) is 3.22. The zero-order valence-electron chi connectivity index (χ0n) is 12.2. The Labute approximate surface area is 129 Å². The fraction of sp³-hybridized carbons (Fsp3) is 0.176. The van der Waals surface area contributed by atoms with Crippen molar-refractivity contribution in [2.24, 2.45) is 0 Å². The smallest absolute Gasteiger partial charge is 0.207 e. The Morgan fingerprint density at radius 2 is 1.64 bits per heavy atom. The maximum atomic E-state index is 13.0. The van der Waals surface area contributed by atoms with E-state index < -0.39 is 10.0 Å². The van der Waals surface area contributed by atoms with Gasteiger partial charge in [0.15, 0.2) is 0 Å². The second-order valence-electron chi connectivity index (χ2n) is 5.35. The molecule has 0 saturated heterocycles. The number of halogens is 1. The Bertz CT molecular complexity index is 809. The zero-order chi connectivity index (χ0) is 15.7. The van der Waals surface area contributed by atoms with E-state index >= 15 is 0 Å². The van der Waals surface area contributed by atoms with E-state index in [1.165, 1.54) is 16.4 Å². The molecular formula is C17H16FNO2S. The van der Waals surface area contributed by atoms with Crippen LogP contribution in [0.4, 0.5) is 4.39 Å². The fourth-order valence-corrected chi connectivity index (χ4v) is 3.80. The van der Waals surface area contributed by atoms with E-state index in [1.807, 2.05) is 13.0 Å². The molecule has 3 rings (SSSR count). The summed E-state index contributed by atoms with van der Waals surface area (Å²) in [6, 6.07) is 12.9. The summed E-state index contributed by atoms with van der Waals surface area (Å²) in [7, 11) is -3.50. The molecule has 0 N–H and O–H groups in total. The number of hydrogen-bond donors (Lipinski definition) is 0. The van der Waals surface area contributed by atoms with E-state index in [0.717, 1.165) is 16.7 Å². The SMILES string of the molecule is Cc1ccc(S(=O)(=O)N2CC=C(c3ccc(F)cc3)C2)cc1. The Morgan fingerprint density at radius 1 is 1.00 bits per heavy atom. The molecule has 0 unspecified atom stereocenters. The van der Waals surface area contributed by atoms with Gasteiger partial charge in [0.2, 0.25) is 10.0 Å². The monoisotopic (exact) mass is 317 g/mol. The number of aryl methyl sites for hydroxylation is 1. The van der Waals surface area contributed by atoms with Crippen LogP contribution < -0.4 is 0 Å². The molecule has 1 aliphatic rings. The van der Waals surface area contributed by atoms with Crippen molar-refractivity contribution in [1.82, 2.24) is 4.31 Å². The normalized spacial score (nSPS) is 15.8. The second kappa shape index (κ2) is 5.66. The van der Waals surface area contributed by atoms with E-state index in [1.54, 1.807) is 36.4 Å². The van der Waals surface area contributed by atoms with Gasteiger partial charge >= 0.3 is 0 Å². The average molecular weight is 317 g/mol. The molecule has 2 aromatic carbocycles. The number of nitrogens with zero attached hydrogens (tertiary/aromatic N) is 1. The molecule has 0 amide bonds. The molecule has 3 nitrogen and oxygen atoms in total. The molecular weight excluding hydrogens is 301 g/mol. The number of benzene rings is 2. The van der Waals surface area contributed by atoms with Gasteiger partial charge in [-0.1, -0.05) is 35.9 Å². The van der Waals surface area contributed by atoms with Gasteiger partial charge in [0.1, 0.15) is 5.82 Å². The fourth-order valence-electron chi connectivity index (χ4n) is 2.45. The van der Waals surface area contributed by atoms with Gasteiger partial charge < -0.3 is 0 Å². The van der Waals surface area contributed by atoms with Gasteiger partial charge in [0.05, 0.1) is 4.90 Å². The predicted molar refractivity (Wildman–Crippen MR) is 84.3 cm³/mol. The zero-order valence-corrected chi connectivity index (χ0v) is 13.0. The summed E-state index contributed by atoms with van der Waals surface area (Å²) in [5.41, 5.74) is 2.77. The highest BCUT2D eigenvalue weighted by Gasteiger charge is 2.28. The molecule has 0 saturated carbocycles. The Balaban J connectivity index is 1.81. The summed E-state index contributed by atoms with van der Waals surface area (Å²) >= 11 is 0. The van der Waals surface area contributed by atoms with E-state index in [9.17, 15) is 12.8 Å². The summed E-state index contributed by atoms with van der Waals surface area (Å²) in [6.07, 6.45) is 1.87. The van der Waals surface area contributed by atoms with Gasteiger partial charge in [-0.2, -0.15) is 4.31 Å². The van der Waals surface area contributed by atoms with Crippen molar-refractivity contribution in [3.63, 3.8) is 0 Å². The first-order valence-electron chi connectivity index (χ1n) is 6.98. The van der Waals surface area contributed by atoms with E-state index in [0.29, 0.717) is 18.0 Å². The highest BCUT2D eigenvalue weighted by Crippen LogP contribution is 2.26. The summed E-state index contributed by atoms with van der Waals surface area (Å²) in [6.45, 7) is 2.56. The van der Waals surface area contributed by atoms with Crippen LogP contribution in [0, 0.1) is 12.7 Å². The lowest BCUT2D eigenvalue weighted by molar-refractivity contribution is 0.490. The molecule has 22 heavy (non-hydrogen) atoms. The standard InChI is InChI=1S/C17H16FNO2S/c1-13-2-8-17(9-3-13)22(20,21)19-11-10-15(12-19)14-4-6-16(18)7-5-14/h2-10H,11-12H2,1H3. The number of sulfonamides is 1. The Hall–Kier alpha value is -1.98. The first-order chi connectivity index (χ1) is 10.5. The van der Waals surface area contributed by atoms with E-state index in [-0.39, 0.29) is 5.82 Å². The van der Waals surface area contributed by atoms with Crippen LogP contribution in [-0.2, 0) is 10.0 Å². The van der Waals surface area contributed by atoms with E-state index in [4.69, 9.17) is 0 Å². The van der Waals surface area contributed by atoms with Crippen molar-refractivity contribution in [1.29, 1.82) is 0 Å². The maximum Gasteiger partial charge on any atom is 0.243 e. The van der Waals surface area contributed by atoms with Gasteiger partial charge in [0.25, 0.3) is 0 Å². The summed E-state index contributed by atoms with van der Waals surface area (Å²) in [5, 5.41) is 0. The van der Waals surface area contributed by atoms with Crippen LogP contribution in [-0.4, -0.2) is 25.8 Å². The minimum absolute atomic E-state index is 0.298. The van der Waals surface area contributed by atoms with Crippen molar-refractivity contribution in [3.8, 4) is 0 Å². The number of rotatable bonds is 3. The van der Waals surface area contributed by atoms with Crippen LogP contribution in [0.2, 0.25) is 0 Å². The summed E-state index contributed by atoms with van der Waals surface area (Å²) in [5.74, 6) is -0.300. The van der Waals surface area contributed by atoms with Crippen LogP contribution in [0.15, 0.2) is 59.5 Å². The highest BCUT2D eigenvalue weighted by molar-refractivity contribution is 7.89. The lowest BCUT2D eigenvalue weighted by atomic mass is 10.1. The molecule has 0 spiro atoms. The molecule has 0 bridgehead atoms. The number of hydrogen-bond acceptors (Lipinski definition) is 2. The molecule has 0 aromatic heterocycles. The molecule has 0 radical (unpaired) electrons. The molecule has 2 aromatic rings. The minimum Gasteiger partial charge on any atom is -0.207 e. The Kier molecular flexibility index (Phi) is 3.85. The molecule has 114 valence electrons. The van der Waals surface area contributed by atoms with Crippen LogP contribution in [0.5, 0.6) is 0 Å². The topological polar surface area (TPSA) is 37.4 Å². The molecule has 5 heteroatoms. The van der Waals surface area contributed by atoms with Crippen LogP contribution in [0.25, 0.3) is 5.57 Å². The molecule has 0 fully saturated rings. The summed E-state index contributed by atoms with van der Waals surface area (Å²) < 4.78 is 39.6. The first-order valence-corrected chi connectivity index (χ1v) is 8.42. The molecule has 1 aliphatic heterocycles.